The van der Waals surface area contributed by atoms with Gasteiger partial charge < -0.3 is 14.4 Å². The summed E-state index contributed by atoms with van der Waals surface area (Å²) in [7, 11) is -0.587. The zero-order valence-corrected chi connectivity index (χ0v) is 13.9. The Morgan fingerprint density at radius 2 is 1.90 bits per heavy atom. The highest BCUT2D eigenvalue weighted by atomic mass is 35.5. The van der Waals surface area contributed by atoms with E-state index in [1.807, 2.05) is 40.7 Å². The van der Waals surface area contributed by atoms with Gasteiger partial charge in [0.15, 0.2) is 0 Å². The Bertz CT molecular complexity index is 536. The third-order valence-electron chi connectivity index (χ3n) is 4.23. The molecule has 1 fully saturated rings. The van der Waals surface area contributed by atoms with Crippen LogP contribution in [0.1, 0.15) is 38.8 Å². The number of hydrogen-bond donors (Lipinski definition) is 1. The van der Waals surface area contributed by atoms with Crippen molar-refractivity contribution in [3.05, 3.63) is 34.0 Å². The van der Waals surface area contributed by atoms with E-state index in [2.05, 4.69) is 4.98 Å². The zero-order valence-electron chi connectivity index (χ0n) is 13.1. The first-order valence-electron chi connectivity index (χ1n) is 6.96. The van der Waals surface area contributed by atoms with Crippen LogP contribution in [0.15, 0.2) is 17.7 Å². The molecule has 0 aromatic carbocycles. The minimum Gasteiger partial charge on any atom is -0.400 e. The summed E-state index contributed by atoms with van der Waals surface area (Å²) in [4.78, 5) is 4.07. The first-order valence-corrected chi connectivity index (χ1v) is 7.34. The van der Waals surface area contributed by atoms with Gasteiger partial charge >= 0.3 is 7.12 Å². The van der Waals surface area contributed by atoms with Gasteiger partial charge in [0.05, 0.1) is 17.8 Å². The van der Waals surface area contributed by atoms with E-state index < -0.39 is 18.3 Å². The summed E-state index contributed by atoms with van der Waals surface area (Å²) in [5.41, 5.74) is 1.50. The van der Waals surface area contributed by atoms with Gasteiger partial charge in [0.25, 0.3) is 0 Å². The fourth-order valence-electron chi connectivity index (χ4n) is 2.08. The van der Waals surface area contributed by atoms with E-state index in [9.17, 15) is 5.11 Å². The SMILES string of the molecule is Cc1ccnc(Cl)c1C=C(CO)B1OC(C)(C)C(C)(C)O1. The minimum absolute atomic E-state index is 0.165. The summed E-state index contributed by atoms with van der Waals surface area (Å²) in [5, 5.41) is 10.1. The van der Waals surface area contributed by atoms with Gasteiger partial charge in [-0.05, 0) is 51.7 Å². The number of hydrogen-bond acceptors (Lipinski definition) is 4. The van der Waals surface area contributed by atoms with Gasteiger partial charge in [0.2, 0.25) is 0 Å². The van der Waals surface area contributed by atoms with Gasteiger partial charge in [-0.15, -0.1) is 0 Å². The molecule has 21 heavy (non-hydrogen) atoms. The molecule has 4 nitrogen and oxygen atoms in total. The molecule has 1 aromatic rings. The van der Waals surface area contributed by atoms with Crippen LogP contribution in [0.25, 0.3) is 6.08 Å². The molecule has 2 heterocycles. The highest BCUT2D eigenvalue weighted by molar-refractivity contribution is 6.56. The highest BCUT2D eigenvalue weighted by Gasteiger charge is 2.52. The number of halogens is 1. The second kappa shape index (κ2) is 5.73. The summed E-state index contributed by atoms with van der Waals surface area (Å²) < 4.78 is 11.9. The van der Waals surface area contributed by atoms with Crippen molar-refractivity contribution in [1.29, 1.82) is 0 Å². The molecule has 0 saturated carbocycles. The Labute approximate surface area is 131 Å². The number of aromatic nitrogens is 1. The summed E-state index contributed by atoms with van der Waals surface area (Å²) in [5.74, 6) is 0. The Balaban J connectivity index is 2.36. The molecule has 6 heteroatoms. The van der Waals surface area contributed by atoms with Crippen molar-refractivity contribution in [1.82, 2.24) is 4.98 Å². The minimum atomic E-state index is -0.587. The lowest BCUT2D eigenvalue weighted by molar-refractivity contribution is 0.00578. The summed E-state index contributed by atoms with van der Waals surface area (Å²) in [6, 6.07) is 1.87. The molecule has 1 aromatic heterocycles. The van der Waals surface area contributed by atoms with E-state index in [1.165, 1.54) is 0 Å². The first-order chi connectivity index (χ1) is 9.68. The van der Waals surface area contributed by atoms with Crippen molar-refractivity contribution in [3.8, 4) is 0 Å². The molecule has 0 amide bonds. The largest absolute Gasteiger partial charge is 0.492 e. The van der Waals surface area contributed by atoms with Gasteiger partial charge in [0.1, 0.15) is 5.15 Å². The average molecular weight is 310 g/mol. The Kier molecular flexibility index (Phi) is 4.50. The van der Waals surface area contributed by atoms with Crippen molar-refractivity contribution >= 4 is 24.8 Å². The maximum Gasteiger partial charge on any atom is 0.492 e. The molecule has 1 N–H and O–H groups in total. The number of pyridine rings is 1. The van der Waals surface area contributed by atoms with Crippen molar-refractivity contribution in [2.45, 2.75) is 45.8 Å². The van der Waals surface area contributed by atoms with E-state index in [1.54, 1.807) is 12.3 Å². The lowest BCUT2D eigenvalue weighted by atomic mass is 9.77. The zero-order chi connectivity index (χ0) is 15.8. The Morgan fingerprint density at radius 3 is 2.38 bits per heavy atom. The van der Waals surface area contributed by atoms with Crippen LogP contribution in [0, 0.1) is 6.92 Å². The number of rotatable bonds is 3. The molecule has 0 spiro atoms. The van der Waals surface area contributed by atoms with Crippen LogP contribution in [-0.4, -0.2) is 35.0 Å². The molecule has 0 unspecified atom stereocenters. The summed E-state index contributed by atoms with van der Waals surface area (Å²) in [6.07, 6.45) is 3.45. The third kappa shape index (κ3) is 3.16. The lowest BCUT2D eigenvalue weighted by Gasteiger charge is -2.32. The second-order valence-electron chi connectivity index (χ2n) is 6.30. The maximum absolute atomic E-state index is 9.68. The monoisotopic (exact) mass is 309 g/mol. The van der Waals surface area contributed by atoms with E-state index in [0.717, 1.165) is 11.1 Å². The molecular weight excluding hydrogens is 288 g/mol. The fourth-order valence-corrected chi connectivity index (χ4v) is 2.34. The highest BCUT2D eigenvalue weighted by Crippen LogP contribution is 2.39. The van der Waals surface area contributed by atoms with Gasteiger partial charge in [-0.3, -0.25) is 0 Å². The van der Waals surface area contributed by atoms with E-state index in [-0.39, 0.29) is 6.61 Å². The number of nitrogens with zero attached hydrogens (tertiary/aromatic N) is 1. The van der Waals surface area contributed by atoms with Crippen LogP contribution in [0.3, 0.4) is 0 Å². The molecule has 0 radical (unpaired) electrons. The Hall–Kier alpha value is -0.875. The third-order valence-corrected chi connectivity index (χ3v) is 4.53. The quantitative estimate of drug-likeness (QED) is 0.689. The topological polar surface area (TPSA) is 51.6 Å². The molecule has 2 rings (SSSR count). The molecule has 0 aliphatic carbocycles. The van der Waals surface area contributed by atoms with Crippen molar-refractivity contribution in [2.24, 2.45) is 0 Å². The van der Waals surface area contributed by atoms with Gasteiger partial charge in [-0.1, -0.05) is 17.7 Å². The number of aliphatic hydroxyl groups excluding tert-OH is 1. The standard InChI is InChI=1S/C15H21BClNO3/c1-10-6-7-18-13(17)12(10)8-11(9-19)16-20-14(2,3)15(4,5)21-16/h6-8,19H,9H2,1-5H3. The lowest BCUT2D eigenvalue weighted by Crippen LogP contribution is -2.41. The fraction of sp³-hybridized carbons (Fsp3) is 0.533. The first kappa shape index (κ1) is 16.5. The molecule has 1 aliphatic heterocycles. The Morgan fingerprint density at radius 1 is 1.33 bits per heavy atom. The normalized spacial score (nSPS) is 20.9. The molecule has 0 atom stereocenters. The second-order valence-corrected chi connectivity index (χ2v) is 6.66. The smallest absolute Gasteiger partial charge is 0.400 e. The van der Waals surface area contributed by atoms with Crippen LogP contribution >= 0.6 is 11.6 Å². The van der Waals surface area contributed by atoms with Crippen molar-refractivity contribution in [2.75, 3.05) is 6.61 Å². The summed E-state index contributed by atoms with van der Waals surface area (Å²) >= 11 is 6.13. The van der Waals surface area contributed by atoms with Crippen molar-refractivity contribution < 1.29 is 14.4 Å². The van der Waals surface area contributed by atoms with Crippen LogP contribution in [-0.2, 0) is 9.31 Å². The van der Waals surface area contributed by atoms with Crippen molar-refractivity contribution in [3.63, 3.8) is 0 Å². The predicted octanol–water partition coefficient (Wildman–Crippen LogP) is 3.05. The molecular formula is C15H21BClNO3. The number of aliphatic hydroxyl groups is 1. The van der Waals surface area contributed by atoms with E-state index >= 15 is 0 Å². The average Bonchev–Trinajstić information content (AvgIpc) is 2.58. The van der Waals surface area contributed by atoms with Gasteiger partial charge in [-0.25, -0.2) is 4.98 Å². The van der Waals surface area contributed by atoms with E-state index in [0.29, 0.717) is 10.6 Å². The molecule has 0 bridgehead atoms. The van der Waals surface area contributed by atoms with Crippen LogP contribution < -0.4 is 0 Å². The molecule has 1 saturated heterocycles. The van der Waals surface area contributed by atoms with Crippen LogP contribution in [0.2, 0.25) is 5.15 Å². The molecule has 114 valence electrons. The summed E-state index contributed by atoms with van der Waals surface area (Å²) in [6.45, 7) is 9.68. The molecule has 1 aliphatic rings. The predicted molar refractivity (Wildman–Crippen MR) is 85.1 cm³/mol. The van der Waals surface area contributed by atoms with Gasteiger partial charge in [-0.2, -0.15) is 0 Å². The van der Waals surface area contributed by atoms with Crippen LogP contribution in [0.4, 0.5) is 0 Å². The number of aryl methyl sites for hydroxylation is 1. The van der Waals surface area contributed by atoms with E-state index in [4.69, 9.17) is 20.9 Å². The van der Waals surface area contributed by atoms with Gasteiger partial charge in [0, 0.05) is 11.8 Å². The maximum atomic E-state index is 9.68. The van der Waals surface area contributed by atoms with Crippen LogP contribution in [0.5, 0.6) is 0 Å².